The van der Waals surface area contributed by atoms with E-state index in [1.54, 1.807) is 26.4 Å². The molecule has 5 heteroatoms. The van der Waals surface area contributed by atoms with Crippen molar-refractivity contribution in [2.45, 2.75) is 32.9 Å². The lowest BCUT2D eigenvalue weighted by molar-refractivity contribution is 0.0400. The van der Waals surface area contributed by atoms with Gasteiger partial charge in [0.1, 0.15) is 0 Å². The van der Waals surface area contributed by atoms with Crippen LogP contribution in [0.4, 0.5) is 0 Å². The summed E-state index contributed by atoms with van der Waals surface area (Å²) in [7, 11) is 3.16. The molecule has 0 aliphatic heterocycles. The van der Waals surface area contributed by atoms with Crippen LogP contribution in [0.2, 0.25) is 0 Å². The molecule has 0 radical (unpaired) electrons. The Morgan fingerprint density at radius 1 is 1.11 bits per heavy atom. The van der Waals surface area contributed by atoms with Gasteiger partial charge >= 0.3 is 0 Å². The number of nitrogens with two attached hydrogens (primary N) is 1. The van der Waals surface area contributed by atoms with Gasteiger partial charge < -0.3 is 20.3 Å². The van der Waals surface area contributed by atoms with Crippen LogP contribution in [-0.2, 0) is 0 Å². The number of aliphatic hydroxyl groups excluding tert-OH is 1. The SMILES string of the molecule is COc1ccc([C@H](N)[C@H](O)C(C)(C)C)cc1OC.Cl. The van der Waals surface area contributed by atoms with Crippen LogP contribution < -0.4 is 15.2 Å². The Kier molecular flexibility index (Phi) is 6.63. The van der Waals surface area contributed by atoms with E-state index in [0.717, 1.165) is 5.56 Å². The molecule has 0 aliphatic carbocycles. The molecule has 4 nitrogen and oxygen atoms in total. The highest BCUT2D eigenvalue weighted by molar-refractivity contribution is 5.85. The minimum absolute atomic E-state index is 0. The summed E-state index contributed by atoms with van der Waals surface area (Å²) in [5.74, 6) is 1.27. The van der Waals surface area contributed by atoms with Gasteiger partial charge in [0.2, 0.25) is 0 Å². The van der Waals surface area contributed by atoms with Gasteiger partial charge in [-0.1, -0.05) is 26.8 Å². The molecule has 0 aromatic heterocycles. The van der Waals surface area contributed by atoms with Gasteiger partial charge in [0.15, 0.2) is 11.5 Å². The average molecular weight is 290 g/mol. The third-order valence-corrected chi connectivity index (χ3v) is 3.02. The highest BCUT2D eigenvalue weighted by atomic mass is 35.5. The van der Waals surface area contributed by atoms with Crippen molar-refractivity contribution < 1.29 is 14.6 Å². The first kappa shape index (κ1) is 18.0. The Morgan fingerprint density at radius 3 is 2.05 bits per heavy atom. The fourth-order valence-electron chi connectivity index (χ4n) is 1.78. The van der Waals surface area contributed by atoms with Gasteiger partial charge in [-0.3, -0.25) is 0 Å². The van der Waals surface area contributed by atoms with Gasteiger partial charge in [-0.15, -0.1) is 12.4 Å². The maximum Gasteiger partial charge on any atom is 0.161 e. The Bertz CT molecular complexity index is 404. The molecule has 0 saturated carbocycles. The van der Waals surface area contributed by atoms with E-state index in [1.807, 2.05) is 26.8 Å². The highest BCUT2D eigenvalue weighted by Crippen LogP contribution is 2.33. The van der Waals surface area contributed by atoms with E-state index in [0.29, 0.717) is 11.5 Å². The summed E-state index contributed by atoms with van der Waals surface area (Å²) >= 11 is 0. The van der Waals surface area contributed by atoms with E-state index in [2.05, 4.69) is 0 Å². The van der Waals surface area contributed by atoms with Crippen molar-refractivity contribution in [1.29, 1.82) is 0 Å². The lowest BCUT2D eigenvalue weighted by Gasteiger charge is -2.31. The summed E-state index contributed by atoms with van der Waals surface area (Å²) in [5.41, 5.74) is 6.65. The number of rotatable bonds is 4. The fraction of sp³-hybridized carbons (Fsp3) is 0.571. The van der Waals surface area contributed by atoms with Crippen molar-refractivity contribution in [3.63, 3.8) is 0 Å². The zero-order valence-electron chi connectivity index (χ0n) is 12.1. The van der Waals surface area contributed by atoms with Crippen LogP contribution >= 0.6 is 12.4 Å². The first-order valence-electron chi connectivity index (χ1n) is 5.96. The summed E-state index contributed by atoms with van der Waals surface area (Å²) in [5, 5.41) is 10.2. The molecule has 0 amide bonds. The van der Waals surface area contributed by atoms with Gasteiger partial charge in [-0.25, -0.2) is 0 Å². The number of methoxy groups -OCH3 is 2. The maximum atomic E-state index is 10.2. The van der Waals surface area contributed by atoms with Gasteiger partial charge in [-0.05, 0) is 23.1 Å². The van der Waals surface area contributed by atoms with Crippen LogP contribution in [0.25, 0.3) is 0 Å². The number of hydrogen-bond acceptors (Lipinski definition) is 4. The Labute approximate surface area is 121 Å². The number of aliphatic hydroxyl groups is 1. The van der Waals surface area contributed by atoms with E-state index in [9.17, 15) is 5.11 Å². The molecule has 0 heterocycles. The van der Waals surface area contributed by atoms with Crippen molar-refractivity contribution in [2.24, 2.45) is 11.1 Å². The predicted octanol–water partition coefficient (Wildman–Crippen LogP) is 2.53. The third-order valence-electron chi connectivity index (χ3n) is 3.02. The second kappa shape index (κ2) is 6.98. The molecule has 0 saturated heterocycles. The minimum Gasteiger partial charge on any atom is -0.493 e. The van der Waals surface area contributed by atoms with Crippen molar-refractivity contribution in [3.05, 3.63) is 23.8 Å². The summed E-state index contributed by atoms with van der Waals surface area (Å²) < 4.78 is 10.4. The molecule has 1 aromatic carbocycles. The maximum absolute atomic E-state index is 10.2. The van der Waals surface area contributed by atoms with Crippen LogP contribution in [0.1, 0.15) is 32.4 Å². The minimum atomic E-state index is -0.629. The van der Waals surface area contributed by atoms with E-state index < -0.39 is 12.1 Å². The molecule has 3 N–H and O–H groups in total. The molecule has 1 rings (SSSR count). The lowest BCUT2D eigenvalue weighted by atomic mass is 9.82. The van der Waals surface area contributed by atoms with Gasteiger partial charge in [0.25, 0.3) is 0 Å². The molecule has 1 aromatic rings. The summed E-state index contributed by atoms with van der Waals surface area (Å²) in [6, 6.07) is 4.99. The Morgan fingerprint density at radius 2 is 1.63 bits per heavy atom. The summed E-state index contributed by atoms with van der Waals surface area (Å²) in [6.45, 7) is 5.87. The second-order valence-electron chi connectivity index (χ2n) is 5.45. The topological polar surface area (TPSA) is 64.7 Å². The van der Waals surface area contributed by atoms with Crippen LogP contribution in [0, 0.1) is 5.41 Å². The molecule has 0 unspecified atom stereocenters. The number of halogens is 1. The smallest absolute Gasteiger partial charge is 0.161 e. The Balaban J connectivity index is 0.00000324. The first-order valence-corrected chi connectivity index (χ1v) is 5.96. The van der Waals surface area contributed by atoms with Crippen molar-refractivity contribution in [1.82, 2.24) is 0 Å². The van der Waals surface area contributed by atoms with E-state index in [1.165, 1.54) is 0 Å². The first-order chi connectivity index (χ1) is 8.31. The van der Waals surface area contributed by atoms with E-state index >= 15 is 0 Å². The van der Waals surface area contributed by atoms with E-state index in [4.69, 9.17) is 15.2 Å². The van der Waals surface area contributed by atoms with Crippen molar-refractivity contribution in [2.75, 3.05) is 14.2 Å². The molecule has 110 valence electrons. The largest absolute Gasteiger partial charge is 0.493 e. The highest BCUT2D eigenvalue weighted by Gasteiger charge is 2.29. The lowest BCUT2D eigenvalue weighted by Crippen LogP contribution is -2.36. The standard InChI is InChI=1S/C14H23NO3.ClH/c1-14(2,3)13(16)12(15)9-6-7-10(17-4)11(8-9)18-5;/h6-8,12-13,16H,15H2,1-5H3;1H/t12-,13-;/m0./s1. The zero-order chi connectivity index (χ0) is 13.9. The Hall–Kier alpha value is -0.970. The molecule has 19 heavy (non-hydrogen) atoms. The molecule has 0 fully saturated rings. The number of ether oxygens (including phenoxy) is 2. The third kappa shape index (κ3) is 4.27. The monoisotopic (exact) mass is 289 g/mol. The molecular weight excluding hydrogens is 266 g/mol. The zero-order valence-corrected chi connectivity index (χ0v) is 13.0. The fourth-order valence-corrected chi connectivity index (χ4v) is 1.78. The second-order valence-corrected chi connectivity index (χ2v) is 5.45. The normalized spacial score (nSPS) is 14.3. The quantitative estimate of drug-likeness (QED) is 0.894. The molecule has 2 atom stereocenters. The van der Waals surface area contributed by atoms with Crippen LogP contribution in [0.15, 0.2) is 18.2 Å². The molecular formula is C14H24ClNO3. The van der Waals surface area contributed by atoms with Crippen molar-refractivity contribution >= 4 is 12.4 Å². The van der Waals surface area contributed by atoms with Crippen molar-refractivity contribution in [3.8, 4) is 11.5 Å². The predicted molar refractivity (Wildman–Crippen MR) is 79.2 cm³/mol. The summed E-state index contributed by atoms with van der Waals surface area (Å²) in [4.78, 5) is 0. The average Bonchev–Trinajstić information content (AvgIpc) is 2.34. The van der Waals surface area contributed by atoms with Gasteiger partial charge in [0, 0.05) is 0 Å². The molecule has 0 bridgehead atoms. The molecule has 0 spiro atoms. The van der Waals surface area contributed by atoms with Gasteiger partial charge in [-0.2, -0.15) is 0 Å². The number of benzene rings is 1. The summed E-state index contributed by atoms with van der Waals surface area (Å²) in [6.07, 6.45) is -0.629. The van der Waals surface area contributed by atoms with Crippen LogP contribution in [0.5, 0.6) is 11.5 Å². The van der Waals surface area contributed by atoms with Crippen LogP contribution in [-0.4, -0.2) is 25.4 Å². The van der Waals surface area contributed by atoms with E-state index in [-0.39, 0.29) is 17.8 Å². The molecule has 0 aliphatic rings. The van der Waals surface area contributed by atoms with Crippen LogP contribution in [0.3, 0.4) is 0 Å². The van der Waals surface area contributed by atoms with Gasteiger partial charge in [0.05, 0.1) is 26.4 Å². The number of hydrogen-bond donors (Lipinski definition) is 2.